The number of nitrogens with one attached hydrogen (secondary N) is 1. The first-order chi connectivity index (χ1) is 9.28. The van der Waals surface area contributed by atoms with Crippen molar-refractivity contribution in [1.29, 1.82) is 0 Å². The molecule has 0 heterocycles. The van der Waals surface area contributed by atoms with Gasteiger partial charge in [-0.15, -0.1) is 0 Å². The lowest BCUT2D eigenvalue weighted by Gasteiger charge is -2.19. The Morgan fingerprint density at radius 3 is 2.68 bits per heavy atom. The summed E-state index contributed by atoms with van der Waals surface area (Å²) >= 11 is 0. The average Bonchev–Trinajstić information content (AvgIpc) is 3.28. The minimum Gasteiger partial charge on any atom is -0.348 e. The van der Waals surface area contributed by atoms with Crippen LogP contribution in [0.15, 0.2) is 18.2 Å². The lowest BCUT2D eigenvalue weighted by atomic mass is 9.90. The van der Waals surface area contributed by atoms with Crippen molar-refractivity contribution in [1.82, 2.24) is 5.32 Å². The molecule has 1 amide bonds. The predicted octanol–water partition coefficient (Wildman–Crippen LogP) is 2.03. The summed E-state index contributed by atoms with van der Waals surface area (Å²) in [6, 6.07) is 6.31. The Bertz CT molecular complexity index is 480. The highest BCUT2D eigenvalue weighted by atomic mass is 16.1. The van der Waals surface area contributed by atoms with Gasteiger partial charge in [0.15, 0.2) is 0 Å². The van der Waals surface area contributed by atoms with Crippen molar-refractivity contribution in [2.75, 3.05) is 6.54 Å². The third-order valence-corrected chi connectivity index (χ3v) is 4.37. The van der Waals surface area contributed by atoms with Gasteiger partial charge < -0.3 is 11.1 Å². The normalized spacial score (nSPS) is 19.6. The molecule has 0 saturated heterocycles. The van der Waals surface area contributed by atoms with Crippen molar-refractivity contribution in [3.05, 3.63) is 34.9 Å². The van der Waals surface area contributed by atoms with E-state index in [1.54, 1.807) is 0 Å². The fourth-order valence-electron chi connectivity index (χ4n) is 2.99. The topological polar surface area (TPSA) is 55.1 Å². The molecule has 0 radical (unpaired) electrons. The van der Waals surface area contributed by atoms with Crippen LogP contribution in [-0.2, 0) is 12.8 Å². The zero-order chi connectivity index (χ0) is 13.2. The number of benzene rings is 1. The molecule has 102 valence electrons. The molecule has 2 aliphatic carbocycles. The van der Waals surface area contributed by atoms with Crippen LogP contribution in [0.25, 0.3) is 0 Å². The van der Waals surface area contributed by atoms with E-state index in [1.165, 1.54) is 36.8 Å². The van der Waals surface area contributed by atoms with Gasteiger partial charge in [-0.3, -0.25) is 4.79 Å². The van der Waals surface area contributed by atoms with Gasteiger partial charge in [0.25, 0.3) is 5.91 Å². The summed E-state index contributed by atoms with van der Waals surface area (Å²) < 4.78 is 0. The molecule has 3 rings (SSSR count). The minimum atomic E-state index is 0.0377. The molecule has 19 heavy (non-hydrogen) atoms. The van der Waals surface area contributed by atoms with Crippen LogP contribution in [0.3, 0.4) is 0 Å². The van der Waals surface area contributed by atoms with Gasteiger partial charge in [0, 0.05) is 18.2 Å². The molecule has 1 fully saturated rings. The Labute approximate surface area is 114 Å². The van der Waals surface area contributed by atoms with Crippen molar-refractivity contribution in [3.63, 3.8) is 0 Å². The lowest BCUT2D eigenvalue weighted by molar-refractivity contribution is 0.0933. The lowest BCUT2D eigenvalue weighted by Crippen LogP contribution is -2.41. The number of carbonyl (C=O) groups excluding carboxylic acids is 1. The summed E-state index contributed by atoms with van der Waals surface area (Å²) in [5.41, 5.74) is 9.30. The molecular formula is C16H22N2O. The third-order valence-electron chi connectivity index (χ3n) is 4.37. The van der Waals surface area contributed by atoms with E-state index in [2.05, 4.69) is 17.4 Å². The van der Waals surface area contributed by atoms with Gasteiger partial charge in [0.1, 0.15) is 0 Å². The maximum Gasteiger partial charge on any atom is 0.251 e. The minimum absolute atomic E-state index is 0.0377. The van der Waals surface area contributed by atoms with Crippen LogP contribution in [0.5, 0.6) is 0 Å². The summed E-state index contributed by atoms with van der Waals surface area (Å²) in [5, 5.41) is 3.09. The molecule has 1 aromatic carbocycles. The second-order valence-electron chi connectivity index (χ2n) is 5.84. The molecule has 0 aliphatic heterocycles. The van der Waals surface area contributed by atoms with Crippen molar-refractivity contribution in [3.8, 4) is 0 Å². The molecule has 1 aromatic rings. The Morgan fingerprint density at radius 1 is 1.26 bits per heavy atom. The number of nitrogens with two attached hydrogens (primary N) is 1. The zero-order valence-corrected chi connectivity index (χ0v) is 11.3. The largest absolute Gasteiger partial charge is 0.348 e. The van der Waals surface area contributed by atoms with E-state index in [0.29, 0.717) is 12.5 Å². The van der Waals surface area contributed by atoms with E-state index in [4.69, 9.17) is 5.73 Å². The van der Waals surface area contributed by atoms with Crippen LogP contribution < -0.4 is 11.1 Å². The number of hydrogen-bond donors (Lipinski definition) is 2. The van der Waals surface area contributed by atoms with Gasteiger partial charge in [-0.05, 0) is 67.7 Å². The van der Waals surface area contributed by atoms with Gasteiger partial charge in [0.2, 0.25) is 0 Å². The van der Waals surface area contributed by atoms with Crippen LogP contribution >= 0.6 is 0 Å². The molecule has 3 nitrogen and oxygen atoms in total. The summed E-state index contributed by atoms with van der Waals surface area (Å²) in [6.45, 7) is 0.543. The van der Waals surface area contributed by atoms with Crippen LogP contribution in [-0.4, -0.2) is 18.5 Å². The summed E-state index contributed by atoms with van der Waals surface area (Å²) in [4.78, 5) is 12.3. The smallest absolute Gasteiger partial charge is 0.251 e. The van der Waals surface area contributed by atoms with Gasteiger partial charge in [-0.2, -0.15) is 0 Å². The van der Waals surface area contributed by atoms with Crippen molar-refractivity contribution < 1.29 is 4.79 Å². The monoisotopic (exact) mass is 258 g/mol. The predicted molar refractivity (Wildman–Crippen MR) is 76.1 cm³/mol. The number of amides is 1. The quantitative estimate of drug-likeness (QED) is 0.868. The molecule has 0 aromatic heterocycles. The van der Waals surface area contributed by atoms with Gasteiger partial charge in [-0.1, -0.05) is 6.07 Å². The summed E-state index contributed by atoms with van der Waals surface area (Å²) in [6.07, 6.45) is 7.18. The first-order valence-corrected chi connectivity index (χ1v) is 7.40. The highest BCUT2D eigenvalue weighted by molar-refractivity contribution is 5.94. The Morgan fingerprint density at radius 2 is 2.00 bits per heavy atom. The van der Waals surface area contributed by atoms with E-state index in [-0.39, 0.29) is 11.9 Å². The highest BCUT2D eigenvalue weighted by Crippen LogP contribution is 2.32. The number of hydrogen-bond acceptors (Lipinski definition) is 2. The number of fused-ring (bicyclic) bond motifs is 1. The Hall–Kier alpha value is -1.35. The van der Waals surface area contributed by atoms with Crippen LogP contribution in [0.4, 0.5) is 0 Å². The van der Waals surface area contributed by atoms with Crippen LogP contribution in [0, 0.1) is 5.92 Å². The molecule has 1 atom stereocenters. The summed E-state index contributed by atoms with van der Waals surface area (Å²) in [7, 11) is 0. The standard InChI is InChI=1S/C16H22N2O/c17-10-15(12-6-7-12)18-16(19)14-8-5-11-3-1-2-4-13(11)9-14/h5,8-9,12,15H,1-4,6-7,10,17H2,(H,18,19). The van der Waals surface area contributed by atoms with Gasteiger partial charge in [-0.25, -0.2) is 0 Å². The van der Waals surface area contributed by atoms with Crippen LogP contribution in [0.2, 0.25) is 0 Å². The zero-order valence-electron chi connectivity index (χ0n) is 11.3. The molecule has 3 heteroatoms. The molecule has 2 aliphatic rings. The second-order valence-corrected chi connectivity index (χ2v) is 5.84. The van der Waals surface area contributed by atoms with Crippen molar-refractivity contribution in [2.24, 2.45) is 11.7 Å². The highest BCUT2D eigenvalue weighted by Gasteiger charge is 2.31. The average molecular weight is 258 g/mol. The van der Waals surface area contributed by atoms with Gasteiger partial charge >= 0.3 is 0 Å². The molecule has 1 unspecified atom stereocenters. The van der Waals surface area contributed by atoms with Gasteiger partial charge in [0.05, 0.1) is 0 Å². The molecule has 0 bridgehead atoms. The van der Waals surface area contributed by atoms with Crippen molar-refractivity contribution >= 4 is 5.91 Å². The summed E-state index contributed by atoms with van der Waals surface area (Å²) in [5.74, 6) is 0.641. The fraction of sp³-hybridized carbons (Fsp3) is 0.562. The number of aryl methyl sites for hydroxylation is 2. The molecule has 3 N–H and O–H groups in total. The third kappa shape index (κ3) is 2.81. The SMILES string of the molecule is NCC(NC(=O)c1ccc2c(c1)CCCC2)C1CC1. The van der Waals surface area contributed by atoms with E-state index in [9.17, 15) is 4.79 Å². The fourth-order valence-corrected chi connectivity index (χ4v) is 2.99. The van der Waals surface area contributed by atoms with Crippen molar-refractivity contribution in [2.45, 2.75) is 44.6 Å². The Balaban J connectivity index is 1.72. The van der Waals surface area contributed by atoms with Crippen LogP contribution in [0.1, 0.15) is 47.2 Å². The maximum absolute atomic E-state index is 12.3. The molecule has 1 saturated carbocycles. The van der Waals surface area contributed by atoms with E-state index < -0.39 is 0 Å². The van der Waals surface area contributed by atoms with E-state index in [0.717, 1.165) is 18.4 Å². The second kappa shape index (κ2) is 5.33. The maximum atomic E-state index is 12.3. The Kier molecular flexibility index (Phi) is 3.56. The first-order valence-electron chi connectivity index (χ1n) is 7.40. The molecular weight excluding hydrogens is 236 g/mol. The number of carbonyl (C=O) groups is 1. The van der Waals surface area contributed by atoms with E-state index in [1.807, 2.05) is 6.07 Å². The van der Waals surface area contributed by atoms with E-state index >= 15 is 0 Å². The molecule has 0 spiro atoms. The first kappa shape index (κ1) is 12.7. The number of rotatable bonds is 4.